The van der Waals surface area contributed by atoms with Crippen LogP contribution in [0.25, 0.3) is 0 Å². The lowest BCUT2D eigenvalue weighted by Crippen LogP contribution is -2.16. The fourth-order valence-electron chi connectivity index (χ4n) is 2.83. The third-order valence-electron chi connectivity index (χ3n) is 4.68. The Bertz CT molecular complexity index is 969. The zero-order chi connectivity index (χ0) is 22.9. The van der Waals surface area contributed by atoms with Gasteiger partial charge in [0.2, 0.25) is 0 Å². The molecule has 0 aliphatic heterocycles. The van der Waals surface area contributed by atoms with Crippen molar-refractivity contribution in [1.29, 1.82) is 0 Å². The Morgan fingerprint density at radius 3 is 1.40 bits per heavy atom. The van der Waals surface area contributed by atoms with Crippen LogP contribution in [-0.2, 0) is 4.79 Å². The number of hydrogen-bond acceptors (Lipinski definition) is 3. The van der Waals surface area contributed by atoms with Crippen LogP contribution >= 0.6 is 22.7 Å². The Morgan fingerprint density at radius 1 is 0.767 bits per heavy atom. The lowest BCUT2D eigenvalue weighted by Gasteiger charge is -2.14. The molecule has 0 radical (unpaired) electrons. The molecule has 2 aromatic heterocycles. The molecule has 5 heteroatoms. The minimum Gasteiger partial charge on any atom is -0.298 e. The van der Waals surface area contributed by atoms with Crippen molar-refractivity contribution in [1.82, 2.24) is 0 Å². The second-order valence-electron chi connectivity index (χ2n) is 10.2. The first-order valence-corrected chi connectivity index (χ1v) is 19.1. The van der Waals surface area contributed by atoms with E-state index in [0.717, 1.165) is 19.5 Å². The van der Waals surface area contributed by atoms with Crippen LogP contribution in [0.5, 0.6) is 0 Å². The number of carbonyl (C=O) groups is 1. The third-order valence-corrected chi connectivity index (χ3v) is 9.10. The van der Waals surface area contributed by atoms with Gasteiger partial charge in [-0.3, -0.25) is 4.79 Å². The fraction of sp³-hybridized carbons (Fsp3) is 0.480. The first-order chi connectivity index (χ1) is 13.7. The molecule has 2 rings (SSSR count). The molecule has 0 aromatic carbocycles. The molecule has 0 saturated heterocycles. The molecule has 1 nitrogen and oxygen atoms in total. The molecule has 160 valence electrons. The first-order valence-electron chi connectivity index (χ1n) is 10.5. The maximum Gasteiger partial charge on any atom is 0.148 e. The molecular formula is C25H34OS2Si2. The van der Waals surface area contributed by atoms with Crippen molar-refractivity contribution >= 4 is 44.6 Å². The first kappa shape index (κ1) is 24.9. The fourth-order valence-corrected chi connectivity index (χ4v) is 6.19. The maximum atomic E-state index is 13.3. The van der Waals surface area contributed by atoms with Gasteiger partial charge in [-0.2, -0.15) is 0 Å². The summed E-state index contributed by atoms with van der Waals surface area (Å²) in [5, 5.41) is 0. The van der Waals surface area contributed by atoms with Crippen LogP contribution in [0.4, 0.5) is 0 Å². The van der Waals surface area contributed by atoms with E-state index >= 15 is 0 Å². The van der Waals surface area contributed by atoms with Crippen LogP contribution in [0.2, 0.25) is 39.3 Å². The Kier molecular flexibility index (Phi) is 7.80. The minimum atomic E-state index is -1.42. The molecule has 0 spiro atoms. The van der Waals surface area contributed by atoms with E-state index < -0.39 is 16.1 Å². The lowest BCUT2D eigenvalue weighted by atomic mass is 9.92. The molecular weight excluding hydrogens is 437 g/mol. The molecule has 0 aliphatic carbocycles. The second kappa shape index (κ2) is 9.41. The summed E-state index contributed by atoms with van der Waals surface area (Å²) in [6.45, 7) is 21.8. The quantitative estimate of drug-likeness (QED) is 0.337. The topological polar surface area (TPSA) is 17.1 Å². The molecule has 0 N–H and O–H groups in total. The van der Waals surface area contributed by atoms with Gasteiger partial charge in [0.15, 0.2) is 0 Å². The molecule has 2 atom stereocenters. The van der Waals surface area contributed by atoms with Gasteiger partial charge in [0, 0.05) is 21.6 Å². The highest BCUT2D eigenvalue weighted by atomic mass is 32.1. The van der Waals surface area contributed by atoms with Gasteiger partial charge in [-0.1, -0.05) is 65.0 Å². The van der Waals surface area contributed by atoms with E-state index in [9.17, 15) is 4.79 Å². The highest BCUT2D eigenvalue weighted by Crippen LogP contribution is 2.35. The molecule has 0 bridgehead atoms. The molecule has 2 heterocycles. The maximum absolute atomic E-state index is 13.3. The van der Waals surface area contributed by atoms with E-state index in [4.69, 9.17) is 0 Å². The summed E-state index contributed by atoms with van der Waals surface area (Å²) in [6, 6.07) is 4.30. The summed E-state index contributed by atoms with van der Waals surface area (Å²) in [5.41, 5.74) is 9.26. The normalized spacial score (nSPS) is 13.7. The highest BCUT2D eigenvalue weighted by molar-refractivity contribution is 7.13. The van der Waals surface area contributed by atoms with Gasteiger partial charge in [-0.05, 0) is 37.1 Å². The Hall–Kier alpha value is -1.38. The van der Waals surface area contributed by atoms with Crippen molar-refractivity contribution in [3.8, 4) is 22.9 Å². The van der Waals surface area contributed by atoms with Crippen molar-refractivity contribution in [2.45, 2.75) is 78.8 Å². The second-order valence-corrected chi connectivity index (χ2v) is 21.8. The predicted molar refractivity (Wildman–Crippen MR) is 140 cm³/mol. The summed E-state index contributed by atoms with van der Waals surface area (Å²) in [7, 11) is -2.83. The smallest absolute Gasteiger partial charge is 0.148 e. The largest absolute Gasteiger partial charge is 0.298 e. The van der Waals surface area contributed by atoms with E-state index in [1.165, 1.54) is 11.1 Å². The molecule has 2 aromatic rings. The highest BCUT2D eigenvalue weighted by Gasteiger charge is 2.26. The van der Waals surface area contributed by atoms with Crippen LogP contribution in [0, 0.1) is 36.8 Å². The minimum absolute atomic E-state index is 0.120. The van der Waals surface area contributed by atoms with Crippen molar-refractivity contribution in [3.05, 3.63) is 42.8 Å². The zero-order valence-corrected chi connectivity index (χ0v) is 23.7. The lowest BCUT2D eigenvalue weighted by molar-refractivity contribution is -0.121. The Morgan fingerprint density at radius 2 is 1.10 bits per heavy atom. The van der Waals surface area contributed by atoms with Crippen molar-refractivity contribution < 1.29 is 4.79 Å². The number of rotatable bonds is 4. The molecule has 0 fully saturated rings. The van der Waals surface area contributed by atoms with Gasteiger partial charge in [0.25, 0.3) is 0 Å². The van der Waals surface area contributed by atoms with E-state index in [-0.39, 0.29) is 17.6 Å². The molecule has 0 saturated carbocycles. The van der Waals surface area contributed by atoms with Gasteiger partial charge < -0.3 is 0 Å². The van der Waals surface area contributed by atoms with Crippen LogP contribution < -0.4 is 0 Å². The van der Waals surface area contributed by atoms with Crippen LogP contribution in [0.1, 0.15) is 56.3 Å². The van der Waals surface area contributed by atoms with E-state index in [2.05, 4.69) is 88.2 Å². The van der Waals surface area contributed by atoms with Crippen LogP contribution in [0.3, 0.4) is 0 Å². The standard InChI is InChI=1S/C25H34OS2Si2/c1-17-15-23(27-21(17)11-13-29(5,6)7)19(3)25(26)20(4)24-16-18(2)22(28-24)12-14-30(8,9)10/h15-16,19-20H,1-10H3. The molecule has 30 heavy (non-hydrogen) atoms. The predicted octanol–water partition coefficient (Wildman–Crippen LogP) is 7.36. The van der Waals surface area contributed by atoms with Crippen LogP contribution in [0.15, 0.2) is 12.1 Å². The Balaban J connectivity index is 2.24. The van der Waals surface area contributed by atoms with Gasteiger partial charge in [0.05, 0.1) is 9.75 Å². The van der Waals surface area contributed by atoms with Crippen LogP contribution in [-0.4, -0.2) is 21.9 Å². The molecule has 2 unspecified atom stereocenters. The number of hydrogen-bond donors (Lipinski definition) is 0. The summed E-state index contributed by atoms with van der Waals surface area (Å²) in [6.07, 6.45) is 0. The van der Waals surface area contributed by atoms with Gasteiger partial charge in [-0.25, -0.2) is 0 Å². The van der Waals surface area contributed by atoms with Crippen molar-refractivity contribution in [3.63, 3.8) is 0 Å². The third kappa shape index (κ3) is 6.82. The van der Waals surface area contributed by atoms with E-state index in [1.807, 2.05) is 13.8 Å². The number of carbonyl (C=O) groups excluding carboxylic acids is 1. The number of aryl methyl sites for hydroxylation is 2. The van der Waals surface area contributed by atoms with E-state index in [0.29, 0.717) is 0 Å². The number of ketones is 1. The zero-order valence-electron chi connectivity index (χ0n) is 20.0. The average molecular weight is 471 g/mol. The van der Waals surface area contributed by atoms with Crippen molar-refractivity contribution in [2.24, 2.45) is 0 Å². The Labute approximate surface area is 193 Å². The summed E-state index contributed by atoms with van der Waals surface area (Å²) < 4.78 is 0. The van der Waals surface area contributed by atoms with Gasteiger partial charge >= 0.3 is 0 Å². The van der Waals surface area contributed by atoms with E-state index in [1.54, 1.807) is 22.7 Å². The summed E-state index contributed by atoms with van der Waals surface area (Å²) in [4.78, 5) is 17.7. The van der Waals surface area contributed by atoms with Crippen molar-refractivity contribution in [2.75, 3.05) is 0 Å². The average Bonchev–Trinajstić information content (AvgIpc) is 3.17. The molecule has 0 aliphatic rings. The number of thiophene rings is 2. The SMILES string of the molecule is Cc1cc(C(C)C(=O)C(C)c2cc(C)c(C#C[Si](C)(C)C)s2)sc1C#C[Si](C)(C)C. The van der Waals surface area contributed by atoms with Gasteiger partial charge in [0.1, 0.15) is 21.9 Å². The summed E-state index contributed by atoms with van der Waals surface area (Å²) >= 11 is 3.36. The van der Waals surface area contributed by atoms with Gasteiger partial charge in [-0.15, -0.1) is 33.8 Å². The molecule has 0 amide bonds. The monoisotopic (exact) mass is 470 g/mol. The number of Topliss-reactive ketones (excluding diaryl/α,β-unsaturated/α-hetero) is 1. The summed E-state index contributed by atoms with van der Waals surface area (Å²) in [5.74, 6) is 6.78.